The first-order chi connectivity index (χ1) is 15.6. The number of nitrogens with zero attached hydrogens (tertiary/aromatic N) is 3. The number of ether oxygens (including phenoxy) is 1. The Hall–Kier alpha value is -3.88. The number of aliphatic hydroxyl groups is 1. The van der Waals surface area contributed by atoms with Crippen molar-refractivity contribution >= 4 is 46.5 Å². The van der Waals surface area contributed by atoms with Gasteiger partial charge in [0.2, 0.25) is 17.8 Å². The molecule has 0 amide bonds. The summed E-state index contributed by atoms with van der Waals surface area (Å²) >= 11 is 6.28. The number of anilines is 6. The number of halogens is 1. The summed E-state index contributed by atoms with van der Waals surface area (Å²) in [5.41, 5.74) is 2.93. The van der Waals surface area contributed by atoms with Crippen molar-refractivity contribution in [3.8, 4) is 5.75 Å². The fourth-order valence-corrected chi connectivity index (χ4v) is 3.12. The number of aliphatic hydroxyl groups excluding tert-OH is 1. The van der Waals surface area contributed by atoms with E-state index in [1.54, 1.807) is 13.2 Å². The fraction of sp³-hybridized carbons (Fsp3) is 0.0870. The third-order valence-electron chi connectivity index (χ3n) is 4.45. The average Bonchev–Trinajstić information content (AvgIpc) is 2.81. The molecule has 0 saturated carbocycles. The molecule has 4 rings (SSSR count). The van der Waals surface area contributed by atoms with Gasteiger partial charge in [0.15, 0.2) is 0 Å². The van der Waals surface area contributed by atoms with E-state index in [9.17, 15) is 5.11 Å². The molecular formula is C23H21ClN6O2. The fourth-order valence-electron chi connectivity index (χ4n) is 2.93. The summed E-state index contributed by atoms with van der Waals surface area (Å²) < 4.78 is 5.28. The number of nitrogens with one attached hydrogen (secondary N) is 3. The van der Waals surface area contributed by atoms with Crippen molar-refractivity contribution < 1.29 is 9.84 Å². The van der Waals surface area contributed by atoms with Crippen LogP contribution in [0.2, 0.25) is 5.02 Å². The van der Waals surface area contributed by atoms with Gasteiger partial charge >= 0.3 is 0 Å². The van der Waals surface area contributed by atoms with Crippen LogP contribution in [0.25, 0.3) is 0 Å². The third kappa shape index (κ3) is 5.42. The zero-order valence-corrected chi connectivity index (χ0v) is 18.0. The maximum Gasteiger partial charge on any atom is 0.233 e. The maximum atomic E-state index is 9.40. The van der Waals surface area contributed by atoms with Crippen molar-refractivity contribution in [1.29, 1.82) is 0 Å². The van der Waals surface area contributed by atoms with Crippen LogP contribution in [0.3, 0.4) is 0 Å². The first kappa shape index (κ1) is 21.4. The predicted octanol–water partition coefficient (Wildman–Crippen LogP) is 5.26. The Morgan fingerprint density at radius 2 is 1.41 bits per heavy atom. The van der Waals surface area contributed by atoms with Crippen LogP contribution in [0.4, 0.5) is 34.9 Å². The Labute approximate surface area is 190 Å². The summed E-state index contributed by atoms with van der Waals surface area (Å²) in [6.07, 6.45) is 0. The molecule has 1 aromatic heterocycles. The number of benzene rings is 3. The monoisotopic (exact) mass is 448 g/mol. The second-order valence-electron chi connectivity index (χ2n) is 6.75. The standard InChI is InChI=1S/C23H21ClN6O2/c1-32-18-9-5-8-17(13-18)26-22-28-21(25-16-7-4-6-15(12-16)14-31)29-23(30-22)27-20-11-3-2-10-19(20)24/h2-13,31H,14H2,1H3,(H3,25,26,27,28,29,30). The van der Waals surface area contributed by atoms with Crippen LogP contribution < -0.4 is 20.7 Å². The van der Waals surface area contributed by atoms with Gasteiger partial charge in [0.05, 0.1) is 24.4 Å². The zero-order chi connectivity index (χ0) is 22.3. The molecule has 162 valence electrons. The molecule has 0 aliphatic rings. The van der Waals surface area contributed by atoms with Crippen molar-refractivity contribution in [2.45, 2.75) is 6.61 Å². The van der Waals surface area contributed by atoms with E-state index in [-0.39, 0.29) is 6.61 Å². The molecule has 0 aliphatic heterocycles. The third-order valence-corrected chi connectivity index (χ3v) is 4.78. The lowest BCUT2D eigenvalue weighted by atomic mass is 10.2. The van der Waals surface area contributed by atoms with Gasteiger partial charge in [-0.2, -0.15) is 15.0 Å². The molecule has 9 heteroatoms. The number of hydrogen-bond donors (Lipinski definition) is 4. The highest BCUT2D eigenvalue weighted by molar-refractivity contribution is 6.33. The molecule has 0 unspecified atom stereocenters. The molecule has 0 atom stereocenters. The van der Waals surface area contributed by atoms with Gasteiger partial charge in [-0.05, 0) is 42.0 Å². The number of methoxy groups -OCH3 is 1. The molecule has 0 spiro atoms. The second-order valence-corrected chi connectivity index (χ2v) is 7.16. The molecular weight excluding hydrogens is 428 g/mol. The minimum absolute atomic E-state index is 0.0608. The van der Waals surface area contributed by atoms with Crippen LogP contribution in [0, 0.1) is 0 Å². The highest BCUT2D eigenvalue weighted by atomic mass is 35.5. The summed E-state index contributed by atoms with van der Waals surface area (Å²) in [6.45, 7) is -0.0608. The van der Waals surface area contributed by atoms with Crippen LogP contribution in [0.5, 0.6) is 5.75 Å². The maximum absolute atomic E-state index is 9.40. The molecule has 0 radical (unpaired) electrons. The molecule has 0 saturated heterocycles. The van der Waals surface area contributed by atoms with E-state index in [0.717, 1.165) is 16.9 Å². The van der Waals surface area contributed by atoms with Crippen molar-refractivity contribution in [1.82, 2.24) is 15.0 Å². The van der Waals surface area contributed by atoms with E-state index in [2.05, 4.69) is 30.9 Å². The van der Waals surface area contributed by atoms with Crippen LogP contribution in [-0.2, 0) is 6.61 Å². The lowest BCUT2D eigenvalue weighted by Gasteiger charge is -2.13. The Kier molecular flexibility index (Phi) is 6.64. The smallest absolute Gasteiger partial charge is 0.233 e. The Morgan fingerprint density at radius 1 is 0.781 bits per heavy atom. The Bertz CT molecular complexity index is 1150. The Balaban J connectivity index is 1.67. The molecule has 8 nitrogen and oxygen atoms in total. The molecule has 3 aromatic carbocycles. The summed E-state index contributed by atoms with van der Waals surface area (Å²) in [4.78, 5) is 13.4. The van der Waals surface area contributed by atoms with Gasteiger partial charge in [-0.3, -0.25) is 0 Å². The number of aromatic nitrogens is 3. The minimum Gasteiger partial charge on any atom is -0.497 e. The lowest BCUT2D eigenvalue weighted by molar-refractivity contribution is 0.282. The average molecular weight is 449 g/mol. The first-order valence-corrected chi connectivity index (χ1v) is 10.2. The quantitative estimate of drug-likeness (QED) is 0.289. The molecule has 4 N–H and O–H groups in total. The molecule has 1 heterocycles. The van der Waals surface area contributed by atoms with Crippen molar-refractivity contribution in [3.63, 3.8) is 0 Å². The van der Waals surface area contributed by atoms with Gasteiger partial charge in [0.25, 0.3) is 0 Å². The highest BCUT2D eigenvalue weighted by Gasteiger charge is 2.10. The largest absolute Gasteiger partial charge is 0.497 e. The summed E-state index contributed by atoms with van der Waals surface area (Å²) in [7, 11) is 1.61. The van der Waals surface area contributed by atoms with Gasteiger partial charge in [0, 0.05) is 17.4 Å². The summed E-state index contributed by atoms with van der Waals surface area (Å²) in [6, 6.07) is 22.1. The normalized spacial score (nSPS) is 10.5. The van der Waals surface area contributed by atoms with Crippen LogP contribution in [0.15, 0.2) is 72.8 Å². The van der Waals surface area contributed by atoms with E-state index < -0.39 is 0 Å². The van der Waals surface area contributed by atoms with E-state index in [1.807, 2.05) is 66.7 Å². The van der Waals surface area contributed by atoms with Crippen molar-refractivity contribution in [3.05, 3.63) is 83.4 Å². The van der Waals surface area contributed by atoms with Crippen LogP contribution >= 0.6 is 11.6 Å². The molecule has 0 fully saturated rings. The zero-order valence-electron chi connectivity index (χ0n) is 17.2. The van der Waals surface area contributed by atoms with E-state index >= 15 is 0 Å². The first-order valence-electron chi connectivity index (χ1n) is 9.78. The second kappa shape index (κ2) is 9.95. The molecule has 0 aliphatic carbocycles. The van der Waals surface area contributed by atoms with Crippen LogP contribution in [0.1, 0.15) is 5.56 Å². The summed E-state index contributed by atoms with van der Waals surface area (Å²) in [5, 5.41) is 19.4. The van der Waals surface area contributed by atoms with Crippen molar-refractivity contribution in [2.75, 3.05) is 23.1 Å². The van der Waals surface area contributed by atoms with E-state index in [4.69, 9.17) is 16.3 Å². The topological polar surface area (TPSA) is 104 Å². The SMILES string of the molecule is COc1cccc(Nc2nc(Nc3cccc(CO)c3)nc(Nc3ccccc3Cl)n2)c1. The molecule has 0 bridgehead atoms. The summed E-state index contributed by atoms with van der Waals surface area (Å²) in [5.74, 6) is 1.65. The lowest BCUT2D eigenvalue weighted by Crippen LogP contribution is -2.07. The molecule has 4 aromatic rings. The number of hydrogen-bond acceptors (Lipinski definition) is 8. The number of rotatable bonds is 8. The van der Waals surface area contributed by atoms with Gasteiger partial charge in [0.1, 0.15) is 5.75 Å². The van der Waals surface area contributed by atoms with Crippen LogP contribution in [-0.4, -0.2) is 27.2 Å². The van der Waals surface area contributed by atoms with Gasteiger partial charge in [-0.25, -0.2) is 0 Å². The van der Waals surface area contributed by atoms with Gasteiger partial charge in [-0.15, -0.1) is 0 Å². The molecule has 32 heavy (non-hydrogen) atoms. The van der Waals surface area contributed by atoms with Gasteiger partial charge in [-0.1, -0.05) is 41.9 Å². The van der Waals surface area contributed by atoms with E-state index in [1.165, 1.54) is 0 Å². The highest BCUT2D eigenvalue weighted by Crippen LogP contribution is 2.26. The number of para-hydroxylation sites is 1. The van der Waals surface area contributed by atoms with Crippen molar-refractivity contribution in [2.24, 2.45) is 0 Å². The van der Waals surface area contributed by atoms with E-state index in [0.29, 0.717) is 34.3 Å². The minimum atomic E-state index is -0.0608. The Morgan fingerprint density at radius 3 is 2.06 bits per heavy atom. The van der Waals surface area contributed by atoms with Gasteiger partial charge < -0.3 is 25.8 Å². The predicted molar refractivity (Wildman–Crippen MR) is 126 cm³/mol.